The van der Waals surface area contributed by atoms with E-state index in [-0.39, 0.29) is 12.5 Å². The predicted molar refractivity (Wildman–Crippen MR) is 112 cm³/mol. The summed E-state index contributed by atoms with van der Waals surface area (Å²) in [4.78, 5) is 13.1. The number of amides is 1. The van der Waals surface area contributed by atoms with Crippen LogP contribution in [0.15, 0.2) is 54.7 Å². The number of nitrogens with zero attached hydrogens (tertiary/aromatic N) is 1. The summed E-state index contributed by atoms with van der Waals surface area (Å²) in [5, 5.41) is 15.4. The van der Waals surface area contributed by atoms with Crippen molar-refractivity contribution in [2.75, 3.05) is 6.54 Å². The van der Waals surface area contributed by atoms with Crippen molar-refractivity contribution >= 4 is 28.4 Å². The van der Waals surface area contributed by atoms with Gasteiger partial charge < -0.3 is 15.0 Å². The fourth-order valence-electron chi connectivity index (χ4n) is 4.38. The van der Waals surface area contributed by atoms with Crippen LogP contribution < -0.4 is 5.32 Å². The van der Waals surface area contributed by atoms with Crippen LogP contribution in [-0.2, 0) is 17.3 Å². The Bertz CT molecular complexity index is 988. The average molecular weight is 397 g/mol. The number of aliphatic hydroxyl groups excluding tert-OH is 1. The lowest BCUT2D eigenvalue weighted by Gasteiger charge is -2.29. The molecule has 0 bridgehead atoms. The first-order chi connectivity index (χ1) is 13.5. The molecule has 5 heteroatoms. The van der Waals surface area contributed by atoms with Gasteiger partial charge in [0.05, 0.1) is 11.5 Å². The molecule has 2 aromatic carbocycles. The number of carbonyl (C=O) groups is 1. The summed E-state index contributed by atoms with van der Waals surface area (Å²) in [5.41, 5.74) is 2.42. The number of hydrogen-bond acceptors (Lipinski definition) is 2. The third-order valence-corrected chi connectivity index (χ3v) is 6.29. The van der Waals surface area contributed by atoms with E-state index in [0.29, 0.717) is 5.02 Å². The van der Waals surface area contributed by atoms with Crippen molar-refractivity contribution in [3.63, 3.8) is 0 Å². The van der Waals surface area contributed by atoms with E-state index in [1.54, 1.807) is 0 Å². The van der Waals surface area contributed by atoms with Crippen molar-refractivity contribution in [3.05, 3.63) is 70.9 Å². The van der Waals surface area contributed by atoms with Gasteiger partial charge in [-0.2, -0.15) is 0 Å². The zero-order valence-electron chi connectivity index (χ0n) is 16.0. The van der Waals surface area contributed by atoms with Gasteiger partial charge in [0, 0.05) is 30.3 Å². The van der Waals surface area contributed by atoms with Gasteiger partial charge in [0.25, 0.3) is 0 Å². The highest BCUT2D eigenvalue weighted by atomic mass is 35.5. The van der Waals surface area contributed by atoms with Gasteiger partial charge >= 0.3 is 0 Å². The zero-order valence-corrected chi connectivity index (χ0v) is 16.7. The van der Waals surface area contributed by atoms with Crippen LogP contribution in [0.25, 0.3) is 10.9 Å². The number of aryl methyl sites for hydroxylation is 1. The molecule has 0 unspecified atom stereocenters. The third kappa shape index (κ3) is 3.43. The molecular weight excluding hydrogens is 372 g/mol. The van der Waals surface area contributed by atoms with E-state index in [1.165, 1.54) is 0 Å². The fourth-order valence-corrected chi connectivity index (χ4v) is 4.50. The van der Waals surface area contributed by atoms with E-state index >= 15 is 0 Å². The summed E-state index contributed by atoms with van der Waals surface area (Å²) in [7, 11) is 2.00. The van der Waals surface area contributed by atoms with Crippen LogP contribution in [0.4, 0.5) is 0 Å². The average Bonchev–Trinajstić information content (AvgIpc) is 3.34. The first kappa shape index (κ1) is 19.0. The Morgan fingerprint density at radius 2 is 1.89 bits per heavy atom. The van der Waals surface area contributed by atoms with E-state index in [2.05, 4.69) is 5.32 Å². The zero-order chi connectivity index (χ0) is 19.7. The first-order valence-corrected chi connectivity index (χ1v) is 10.1. The Hall–Kier alpha value is -2.30. The van der Waals surface area contributed by atoms with Gasteiger partial charge in [-0.25, -0.2) is 0 Å². The van der Waals surface area contributed by atoms with Gasteiger partial charge in [-0.15, -0.1) is 0 Å². The first-order valence-electron chi connectivity index (χ1n) is 9.77. The standard InChI is InChI=1S/C23H25ClN2O2/c1-26-13-10-16-14-17(4-9-20(16)26)21(27)15-25-22(28)23(11-2-3-12-23)18-5-7-19(24)8-6-18/h4-10,13-14,21,27H,2-3,11-12,15H2,1H3,(H,25,28)/t21-/m0/s1. The van der Waals surface area contributed by atoms with Crippen LogP contribution in [0.5, 0.6) is 0 Å². The molecule has 1 fully saturated rings. The minimum absolute atomic E-state index is 0.00726. The molecule has 1 aliphatic carbocycles. The van der Waals surface area contributed by atoms with Crippen LogP contribution in [0, 0.1) is 0 Å². The molecule has 1 aromatic heterocycles. The predicted octanol–water partition coefficient (Wildman–Crippen LogP) is 4.49. The van der Waals surface area contributed by atoms with Crippen LogP contribution in [0.2, 0.25) is 5.02 Å². The molecule has 3 aromatic rings. The van der Waals surface area contributed by atoms with Gasteiger partial charge in [0.15, 0.2) is 0 Å². The van der Waals surface area contributed by atoms with Gasteiger partial charge in [-0.05, 0) is 59.7 Å². The molecule has 28 heavy (non-hydrogen) atoms. The van der Waals surface area contributed by atoms with Crippen LogP contribution in [0.1, 0.15) is 42.9 Å². The topological polar surface area (TPSA) is 54.3 Å². The molecule has 4 nitrogen and oxygen atoms in total. The number of benzene rings is 2. The highest BCUT2D eigenvalue weighted by Gasteiger charge is 2.42. The van der Waals surface area contributed by atoms with Crippen molar-refractivity contribution in [2.24, 2.45) is 7.05 Å². The summed E-state index contributed by atoms with van der Waals surface area (Å²) in [5.74, 6) is -0.00726. The maximum absolute atomic E-state index is 13.1. The minimum Gasteiger partial charge on any atom is -0.387 e. The Morgan fingerprint density at radius 1 is 1.18 bits per heavy atom. The van der Waals surface area contributed by atoms with Crippen molar-refractivity contribution in [1.29, 1.82) is 0 Å². The van der Waals surface area contributed by atoms with Crippen LogP contribution in [-0.4, -0.2) is 22.1 Å². The second-order valence-electron chi connectivity index (χ2n) is 7.77. The summed E-state index contributed by atoms with van der Waals surface area (Å²) in [6.07, 6.45) is 4.97. The van der Waals surface area contributed by atoms with E-state index in [4.69, 9.17) is 11.6 Å². The summed E-state index contributed by atoms with van der Waals surface area (Å²) >= 11 is 6.02. The van der Waals surface area contributed by atoms with Crippen molar-refractivity contribution < 1.29 is 9.90 Å². The maximum Gasteiger partial charge on any atom is 0.230 e. The number of nitrogens with one attached hydrogen (secondary N) is 1. The normalized spacial score (nSPS) is 17.0. The van der Waals surface area contributed by atoms with Crippen LogP contribution >= 0.6 is 11.6 Å². The smallest absolute Gasteiger partial charge is 0.230 e. The summed E-state index contributed by atoms with van der Waals surface area (Å²) < 4.78 is 2.04. The fraction of sp³-hybridized carbons (Fsp3) is 0.348. The van der Waals surface area contributed by atoms with E-state index < -0.39 is 11.5 Å². The number of carbonyl (C=O) groups excluding carboxylic acids is 1. The Labute approximate surface area is 170 Å². The molecule has 1 saturated carbocycles. The molecule has 0 spiro atoms. The van der Waals surface area contributed by atoms with E-state index in [1.807, 2.05) is 66.3 Å². The molecule has 0 radical (unpaired) electrons. The van der Waals surface area contributed by atoms with Gasteiger partial charge in [-0.3, -0.25) is 4.79 Å². The van der Waals surface area contributed by atoms with E-state index in [0.717, 1.165) is 47.7 Å². The SMILES string of the molecule is Cn1ccc2cc([C@@H](O)CNC(=O)C3(c4ccc(Cl)cc4)CCCC3)ccc21. The van der Waals surface area contributed by atoms with Crippen molar-refractivity contribution in [1.82, 2.24) is 9.88 Å². The molecule has 2 N–H and O–H groups in total. The molecule has 146 valence electrons. The molecule has 1 heterocycles. The van der Waals surface area contributed by atoms with Gasteiger partial charge in [0.2, 0.25) is 5.91 Å². The Morgan fingerprint density at radius 3 is 2.61 bits per heavy atom. The third-order valence-electron chi connectivity index (χ3n) is 6.04. The number of rotatable bonds is 5. The summed E-state index contributed by atoms with van der Waals surface area (Å²) in [6.45, 7) is 0.201. The Balaban J connectivity index is 1.49. The highest BCUT2D eigenvalue weighted by Crippen LogP contribution is 2.41. The van der Waals surface area contributed by atoms with Gasteiger partial charge in [0.1, 0.15) is 0 Å². The largest absolute Gasteiger partial charge is 0.387 e. The molecule has 1 aliphatic rings. The number of halogens is 1. The van der Waals surface area contributed by atoms with Gasteiger partial charge in [-0.1, -0.05) is 42.6 Å². The summed E-state index contributed by atoms with van der Waals surface area (Å²) in [6, 6.07) is 15.5. The monoisotopic (exact) mass is 396 g/mol. The van der Waals surface area contributed by atoms with Crippen LogP contribution in [0.3, 0.4) is 0 Å². The maximum atomic E-state index is 13.1. The number of fused-ring (bicyclic) bond motifs is 1. The second-order valence-corrected chi connectivity index (χ2v) is 8.20. The minimum atomic E-state index is -0.739. The number of hydrogen-bond donors (Lipinski definition) is 2. The molecule has 0 aliphatic heterocycles. The second kappa shape index (κ2) is 7.61. The molecular formula is C23H25ClN2O2. The lowest BCUT2D eigenvalue weighted by molar-refractivity contribution is -0.127. The molecule has 1 atom stereocenters. The van der Waals surface area contributed by atoms with Crippen molar-refractivity contribution in [3.8, 4) is 0 Å². The molecule has 0 saturated heterocycles. The Kier molecular flexibility index (Phi) is 5.17. The molecule has 1 amide bonds. The highest BCUT2D eigenvalue weighted by molar-refractivity contribution is 6.30. The molecule has 4 rings (SSSR count). The lowest BCUT2D eigenvalue weighted by Crippen LogP contribution is -2.44. The number of aliphatic hydroxyl groups is 1. The quantitative estimate of drug-likeness (QED) is 0.667. The number of aromatic nitrogens is 1. The van der Waals surface area contributed by atoms with E-state index in [9.17, 15) is 9.90 Å². The van der Waals surface area contributed by atoms with Crippen molar-refractivity contribution in [2.45, 2.75) is 37.2 Å². The lowest BCUT2D eigenvalue weighted by atomic mass is 9.78.